The number of hydrogen-bond donors (Lipinski definition) is 0. The SMILES string of the molecule is Cn1nc(-c2ccccn2)c2c1CCC2. The van der Waals surface area contributed by atoms with Crippen LogP contribution in [0.3, 0.4) is 0 Å². The largest absolute Gasteiger partial charge is 0.272 e. The fraction of sp³-hybridized carbons (Fsp3) is 0.333. The van der Waals surface area contributed by atoms with Gasteiger partial charge in [0.1, 0.15) is 5.69 Å². The zero-order valence-electron chi connectivity index (χ0n) is 8.77. The van der Waals surface area contributed by atoms with Gasteiger partial charge in [0.25, 0.3) is 0 Å². The molecular weight excluding hydrogens is 186 g/mol. The molecular formula is C12H13N3. The Morgan fingerprint density at radius 1 is 1.27 bits per heavy atom. The third kappa shape index (κ3) is 1.27. The van der Waals surface area contributed by atoms with E-state index in [-0.39, 0.29) is 0 Å². The van der Waals surface area contributed by atoms with E-state index in [1.54, 1.807) is 0 Å². The minimum Gasteiger partial charge on any atom is -0.272 e. The van der Waals surface area contributed by atoms with Crippen LogP contribution in [-0.4, -0.2) is 14.8 Å². The van der Waals surface area contributed by atoms with E-state index < -0.39 is 0 Å². The second-order valence-electron chi connectivity index (χ2n) is 3.97. The number of aromatic nitrogens is 3. The summed E-state index contributed by atoms with van der Waals surface area (Å²) in [6.45, 7) is 0. The first-order chi connectivity index (χ1) is 7.36. The van der Waals surface area contributed by atoms with Crippen molar-refractivity contribution in [2.75, 3.05) is 0 Å². The Labute approximate surface area is 88.8 Å². The van der Waals surface area contributed by atoms with Crippen LogP contribution in [0.15, 0.2) is 24.4 Å². The highest BCUT2D eigenvalue weighted by molar-refractivity contribution is 5.60. The van der Waals surface area contributed by atoms with Crippen molar-refractivity contribution in [1.29, 1.82) is 0 Å². The predicted molar refractivity (Wildman–Crippen MR) is 58.5 cm³/mol. The van der Waals surface area contributed by atoms with Crippen molar-refractivity contribution < 1.29 is 0 Å². The van der Waals surface area contributed by atoms with E-state index in [0.29, 0.717) is 0 Å². The molecule has 3 nitrogen and oxygen atoms in total. The van der Waals surface area contributed by atoms with Gasteiger partial charge in [0.15, 0.2) is 0 Å². The molecule has 0 unspecified atom stereocenters. The first kappa shape index (κ1) is 8.65. The van der Waals surface area contributed by atoms with Crippen molar-refractivity contribution in [2.45, 2.75) is 19.3 Å². The van der Waals surface area contributed by atoms with Crippen LogP contribution >= 0.6 is 0 Å². The molecule has 2 heterocycles. The molecule has 2 aromatic heterocycles. The maximum atomic E-state index is 4.56. The predicted octanol–water partition coefficient (Wildman–Crippen LogP) is 1.97. The normalized spacial score (nSPS) is 14.2. The maximum absolute atomic E-state index is 4.56. The van der Waals surface area contributed by atoms with E-state index in [0.717, 1.165) is 24.2 Å². The lowest BCUT2D eigenvalue weighted by Crippen LogP contribution is -1.96. The van der Waals surface area contributed by atoms with Gasteiger partial charge in [0.05, 0.1) is 5.69 Å². The van der Waals surface area contributed by atoms with Gasteiger partial charge in [0.2, 0.25) is 0 Å². The molecule has 1 aliphatic carbocycles. The van der Waals surface area contributed by atoms with Gasteiger partial charge in [-0.2, -0.15) is 5.10 Å². The summed E-state index contributed by atoms with van der Waals surface area (Å²) in [5.41, 5.74) is 4.86. The van der Waals surface area contributed by atoms with E-state index in [1.807, 2.05) is 36.1 Å². The Hall–Kier alpha value is -1.64. The average Bonchev–Trinajstić information content (AvgIpc) is 2.84. The monoisotopic (exact) mass is 199 g/mol. The molecule has 0 aromatic carbocycles. The zero-order chi connectivity index (χ0) is 10.3. The van der Waals surface area contributed by atoms with Gasteiger partial charge in [-0.1, -0.05) is 6.07 Å². The molecule has 0 N–H and O–H groups in total. The van der Waals surface area contributed by atoms with Gasteiger partial charge >= 0.3 is 0 Å². The molecule has 0 atom stereocenters. The molecule has 0 aliphatic heterocycles. The number of hydrogen-bond acceptors (Lipinski definition) is 2. The van der Waals surface area contributed by atoms with Gasteiger partial charge < -0.3 is 0 Å². The maximum Gasteiger partial charge on any atom is 0.114 e. The Kier molecular flexibility index (Phi) is 1.84. The summed E-state index contributed by atoms with van der Waals surface area (Å²) in [5, 5.41) is 4.56. The van der Waals surface area contributed by atoms with Gasteiger partial charge in [-0.15, -0.1) is 0 Å². The van der Waals surface area contributed by atoms with Crippen LogP contribution in [0, 0.1) is 0 Å². The lowest BCUT2D eigenvalue weighted by Gasteiger charge is -1.97. The summed E-state index contributed by atoms with van der Waals surface area (Å²) in [4.78, 5) is 4.36. The van der Waals surface area contributed by atoms with Gasteiger partial charge in [-0.25, -0.2) is 0 Å². The highest BCUT2D eigenvalue weighted by atomic mass is 15.3. The van der Waals surface area contributed by atoms with Crippen molar-refractivity contribution >= 4 is 0 Å². The first-order valence-corrected chi connectivity index (χ1v) is 5.32. The molecule has 0 saturated heterocycles. The summed E-state index contributed by atoms with van der Waals surface area (Å²) in [6, 6.07) is 5.98. The first-order valence-electron chi connectivity index (χ1n) is 5.32. The van der Waals surface area contributed by atoms with E-state index in [1.165, 1.54) is 17.7 Å². The molecule has 0 radical (unpaired) electrons. The molecule has 15 heavy (non-hydrogen) atoms. The third-order valence-electron chi connectivity index (χ3n) is 3.02. The average molecular weight is 199 g/mol. The molecule has 76 valence electrons. The van der Waals surface area contributed by atoms with Crippen molar-refractivity contribution in [1.82, 2.24) is 14.8 Å². The minimum absolute atomic E-state index is 0.997. The van der Waals surface area contributed by atoms with Gasteiger partial charge in [-0.3, -0.25) is 9.67 Å². The Morgan fingerprint density at radius 3 is 3.00 bits per heavy atom. The summed E-state index contributed by atoms with van der Waals surface area (Å²) in [7, 11) is 2.02. The number of rotatable bonds is 1. The van der Waals surface area contributed by atoms with Gasteiger partial charge in [0, 0.05) is 24.5 Å². The lowest BCUT2D eigenvalue weighted by molar-refractivity contribution is 0.708. The van der Waals surface area contributed by atoms with Crippen molar-refractivity contribution in [3.05, 3.63) is 35.7 Å². The fourth-order valence-corrected chi connectivity index (χ4v) is 2.32. The van der Waals surface area contributed by atoms with Crippen LogP contribution in [0.2, 0.25) is 0 Å². The van der Waals surface area contributed by atoms with E-state index >= 15 is 0 Å². The summed E-state index contributed by atoms with van der Waals surface area (Å²) >= 11 is 0. The van der Waals surface area contributed by atoms with Crippen LogP contribution in [0.25, 0.3) is 11.4 Å². The molecule has 1 aliphatic rings. The second kappa shape index (κ2) is 3.19. The molecule has 0 saturated carbocycles. The minimum atomic E-state index is 0.997. The summed E-state index contributed by atoms with van der Waals surface area (Å²) < 4.78 is 2.01. The topological polar surface area (TPSA) is 30.7 Å². The zero-order valence-corrected chi connectivity index (χ0v) is 8.77. The lowest BCUT2D eigenvalue weighted by atomic mass is 10.1. The molecule has 3 rings (SSSR count). The Balaban J connectivity index is 2.18. The fourth-order valence-electron chi connectivity index (χ4n) is 2.32. The highest BCUT2D eigenvalue weighted by Crippen LogP contribution is 2.30. The van der Waals surface area contributed by atoms with Crippen LogP contribution in [0.5, 0.6) is 0 Å². The Bertz CT molecular complexity index is 485. The molecule has 0 spiro atoms. The molecule has 0 fully saturated rings. The molecule has 0 bridgehead atoms. The second-order valence-corrected chi connectivity index (χ2v) is 3.97. The molecule has 3 heteroatoms. The number of nitrogens with zero attached hydrogens (tertiary/aromatic N) is 3. The van der Waals surface area contributed by atoms with Gasteiger partial charge in [-0.05, 0) is 31.4 Å². The Morgan fingerprint density at radius 2 is 2.20 bits per heavy atom. The smallest absolute Gasteiger partial charge is 0.114 e. The summed E-state index contributed by atoms with van der Waals surface area (Å²) in [6.07, 6.45) is 5.38. The standard InChI is InChI=1S/C12H13N3/c1-15-11-7-4-5-9(11)12(14-15)10-6-2-3-8-13-10/h2-3,6,8H,4-5,7H2,1H3. The van der Waals surface area contributed by atoms with Crippen molar-refractivity contribution in [3.8, 4) is 11.4 Å². The van der Waals surface area contributed by atoms with Crippen LogP contribution < -0.4 is 0 Å². The van der Waals surface area contributed by atoms with Crippen molar-refractivity contribution in [2.24, 2.45) is 7.05 Å². The number of aryl methyl sites for hydroxylation is 1. The quantitative estimate of drug-likeness (QED) is 0.703. The highest BCUT2D eigenvalue weighted by Gasteiger charge is 2.21. The third-order valence-corrected chi connectivity index (χ3v) is 3.02. The number of pyridine rings is 1. The van der Waals surface area contributed by atoms with E-state index in [4.69, 9.17) is 0 Å². The molecule has 2 aromatic rings. The van der Waals surface area contributed by atoms with Crippen molar-refractivity contribution in [3.63, 3.8) is 0 Å². The van der Waals surface area contributed by atoms with Crippen LogP contribution in [-0.2, 0) is 19.9 Å². The van der Waals surface area contributed by atoms with E-state index in [2.05, 4.69) is 10.1 Å². The van der Waals surface area contributed by atoms with E-state index in [9.17, 15) is 0 Å². The number of fused-ring (bicyclic) bond motifs is 1. The molecule has 0 amide bonds. The van der Waals surface area contributed by atoms with Crippen LogP contribution in [0.4, 0.5) is 0 Å². The van der Waals surface area contributed by atoms with Crippen LogP contribution in [0.1, 0.15) is 17.7 Å². The summed E-state index contributed by atoms with van der Waals surface area (Å²) in [5.74, 6) is 0.